The van der Waals surface area contributed by atoms with E-state index in [1.165, 1.54) is 0 Å². The van der Waals surface area contributed by atoms with Crippen molar-refractivity contribution in [1.29, 1.82) is 0 Å². The average molecular weight is 260 g/mol. The highest BCUT2D eigenvalue weighted by atomic mass is 17.2. The molecule has 0 aromatic heterocycles. The van der Waals surface area contributed by atoms with E-state index in [2.05, 4.69) is 6.92 Å². The molecule has 0 aromatic rings. The van der Waals surface area contributed by atoms with Crippen LogP contribution in [0.3, 0.4) is 0 Å². The van der Waals surface area contributed by atoms with Crippen molar-refractivity contribution in [3.05, 3.63) is 0 Å². The van der Waals surface area contributed by atoms with Crippen molar-refractivity contribution < 1.29 is 24.0 Å². The predicted molar refractivity (Wildman–Crippen MR) is 65.7 cm³/mol. The summed E-state index contributed by atoms with van der Waals surface area (Å²) in [5, 5.41) is 0. The van der Waals surface area contributed by atoms with Crippen molar-refractivity contribution in [1.82, 2.24) is 0 Å². The number of carbonyl (C=O) groups is 1. The number of unbranched alkanes of at least 4 members (excludes halogenated alkanes) is 1. The van der Waals surface area contributed by atoms with Gasteiger partial charge in [0.25, 0.3) is 0 Å². The smallest absolute Gasteiger partial charge is 0.308 e. The second-order valence-corrected chi connectivity index (χ2v) is 4.57. The summed E-state index contributed by atoms with van der Waals surface area (Å²) in [7, 11) is 1.63. The molecular weight excluding hydrogens is 236 g/mol. The van der Waals surface area contributed by atoms with Crippen LogP contribution < -0.4 is 0 Å². The van der Waals surface area contributed by atoms with Crippen LogP contribution in [0.5, 0.6) is 0 Å². The molecule has 0 amide bonds. The summed E-state index contributed by atoms with van der Waals surface area (Å²) in [4.78, 5) is 22.0. The largest absolute Gasteiger partial charge is 0.466 e. The van der Waals surface area contributed by atoms with Crippen molar-refractivity contribution in [3.8, 4) is 0 Å². The number of ether oxygens (including phenoxy) is 2. The third-order valence-electron chi connectivity index (χ3n) is 3.17. The van der Waals surface area contributed by atoms with Gasteiger partial charge in [-0.1, -0.05) is 13.3 Å². The molecule has 0 bridgehead atoms. The van der Waals surface area contributed by atoms with E-state index in [0.717, 1.165) is 32.1 Å². The first kappa shape index (κ1) is 15.4. The molecule has 1 aliphatic rings. The molecule has 0 aliphatic carbocycles. The third-order valence-corrected chi connectivity index (χ3v) is 3.17. The van der Waals surface area contributed by atoms with Crippen LogP contribution in [0.15, 0.2) is 0 Å². The molecule has 0 N–H and O–H groups in total. The molecule has 5 heteroatoms. The highest BCUT2D eigenvalue weighted by Crippen LogP contribution is 2.33. The number of hydrogen-bond acceptors (Lipinski definition) is 5. The number of carbonyl (C=O) groups excluding carboxylic acids is 1. The van der Waals surface area contributed by atoms with E-state index in [1.807, 2.05) is 0 Å². The van der Waals surface area contributed by atoms with Crippen LogP contribution in [0.25, 0.3) is 0 Å². The number of hydrogen-bond donors (Lipinski definition) is 0. The van der Waals surface area contributed by atoms with E-state index < -0.39 is 5.79 Å². The van der Waals surface area contributed by atoms with Gasteiger partial charge in [-0.25, -0.2) is 9.78 Å². The van der Waals surface area contributed by atoms with Crippen molar-refractivity contribution in [2.75, 3.05) is 13.7 Å². The van der Waals surface area contributed by atoms with E-state index in [-0.39, 0.29) is 18.5 Å². The molecule has 1 heterocycles. The first-order chi connectivity index (χ1) is 8.65. The molecule has 2 unspecified atom stereocenters. The van der Waals surface area contributed by atoms with E-state index in [1.54, 1.807) is 14.0 Å². The van der Waals surface area contributed by atoms with Gasteiger partial charge in [-0.2, -0.15) is 0 Å². The van der Waals surface area contributed by atoms with Crippen LogP contribution >= 0.6 is 0 Å². The second kappa shape index (κ2) is 7.71. The predicted octanol–water partition coefficient (Wildman–Crippen LogP) is 2.58. The molecule has 0 saturated carbocycles. The fraction of sp³-hybridized carbons (Fsp3) is 0.923. The van der Waals surface area contributed by atoms with Gasteiger partial charge < -0.3 is 9.47 Å². The fourth-order valence-electron chi connectivity index (χ4n) is 2.02. The number of rotatable bonds is 7. The van der Waals surface area contributed by atoms with E-state index in [0.29, 0.717) is 6.61 Å². The Hall–Kier alpha value is -0.650. The maximum atomic E-state index is 11.3. The zero-order chi connectivity index (χ0) is 13.4. The normalized spacial score (nSPS) is 28.1. The Morgan fingerprint density at radius 3 is 2.72 bits per heavy atom. The summed E-state index contributed by atoms with van der Waals surface area (Å²) in [6, 6.07) is 0. The monoisotopic (exact) mass is 260 g/mol. The summed E-state index contributed by atoms with van der Waals surface area (Å²) in [6.45, 7) is 4.30. The van der Waals surface area contributed by atoms with Gasteiger partial charge in [0.2, 0.25) is 5.79 Å². The Morgan fingerprint density at radius 2 is 2.22 bits per heavy atom. The van der Waals surface area contributed by atoms with Gasteiger partial charge in [-0.05, 0) is 19.8 Å². The van der Waals surface area contributed by atoms with E-state index in [9.17, 15) is 4.79 Å². The molecule has 0 spiro atoms. The fourth-order valence-corrected chi connectivity index (χ4v) is 2.02. The Kier molecular flexibility index (Phi) is 6.60. The molecule has 5 nitrogen and oxygen atoms in total. The van der Waals surface area contributed by atoms with E-state index >= 15 is 0 Å². The molecule has 2 atom stereocenters. The van der Waals surface area contributed by atoms with Gasteiger partial charge >= 0.3 is 5.97 Å². The minimum absolute atomic E-state index is 0.228. The topological polar surface area (TPSA) is 54.0 Å². The van der Waals surface area contributed by atoms with Crippen LogP contribution in [0, 0.1) is 0 Å². The first-order valence-electron chi connectivity index (χ1n) is 6.71. The summed E-state index contributed by atoms with van der Waals surface area (Å²) < 4.78 is 10.3. The van der Waals surface area contributed by atoms with Crippen LogP contribution in [0.4, 0.5) is 0 Å². The average Bonchev–Trinajstić information content (AvgIpc) is 2.39. The Bertz CT molecular complexity index is 246. The maximum absolute atomic E-state index is 11.3. The maximum Gasteiger partial charge on any atom is 0.308 e. The highest BCUT2D eigenvalue weighted by Gasteiger charge is 2.38. The first-order valence-corrected chi connectivity index (χ1v) is 6.71. The van der Waals surface area contributed by atoms with Gasteiger partial charge in [-0.3, -0.25) is 4.79 Å². The Morgan fingerprint density at radius 1 is 1.44 bits per heavy atom. The van der Waals surface area contributed by atoms with Gasteiger partial charge in [0.1, 0.15) is 6.10 Å². The van der Waals surface area contributed by atoms with Crippen molar-refractivity contribution in [2.24, 2.45) is 0 Å². The lowest BCUT2D eigenvalue weighted by molar-refractivity contribution is -0.466. The summed E-state index contributed by atoms with van der Waals surface area (Å²) in [6.07, 6.45) is 4.42. The lowest BCUT2D eigenvalue weighted by Crippen LogP contribution is -2.42. The summed E-state index contributed by atoms with van der Waals surface area (Å²) >= 11 is 0. The van der Waals surface area contributed by atoms with E-state index in [4.69, 9.17) is 19.2 Å². The standard InChI is InChI=1S/C13H24O5/c1-4-6-8-13(15-3)9-7-11(17-18-13)10-12(14)16-5-2/h11H,4-10H2,1-3H3. The molecule has 0 aromatic carbocycles. The van der Waals surface area contributed by atoms with Crippen LogP contribution in [0.1, 0.15) is 52.4 Å². The second-order valence-electron chi connectivity index (χ2n) is 4.57. The van der Waals surface area contributed by atoms with Crippen molar-refractivity contribution in [3.63, 3.8) is 0 Å². The number of esters is 1. The van der Waals surface area contributed by atoms with Crippen LogP contribution in [-0.4, -0.2) is 31.6 Å². The highest BCUT2D eigenvalue weighted by molar-refractivity contribution is 5.69. The Balaban J connectivity index is 2.36. The molecule has 1 fully saturated rings. The Labute approximate surface area is 109 Å². The van der Waals surface area contributed by atoms with Gasteiger partial charge in [0, 0.05) is 20.0 Å². The van der Waals surface area contributed by atoms with Crippen molar-refractivity contribution in [2.45, 2.75) is 64.3 Å². The lowest BCUT2D eigenvalue weighted by atomic mass is 9.99. The molecule has 1 rings (SSSR count). The van der Waals surface area contributed by atoms with Gasteiger partial charge in [0.05, 0.1) is 13.0 Å². The van der Waals surface area contributed by atoms with Crippen LogP contribution in [-0.2, 0) is 24.0 Å². The summed E-state index contributed by atoms with van der Waals surface area (Å²) in [5.74, 6) is -0.883. The third kappa shape index (κ3) is 4.55. The minimum Gasteiger partial charge on any atom is -0.466 e. The SMILES string of the molecule is CCCCC1(OC)CCC(CC(=O)OCC)OO1. The minimum atomic E-state index is -0.638. The quantitative estimate of drug-likeness (QED) is 0.520. The van der Waals surface area contributed by atoms with Crippen molar-refractivity contribution >= 4 is 5.97 Å². The number of methoxy groups -OCH3 is 1. The molecule has 1 aliphatic heterocycles. The van der Waals surface area contributed by atoms with Gasteiger partial charge in [0.15, 0.2) is 0 Å². The summed E-state index contributed by atoms with van der Waals surface area (Å²) in [5.41, 5.74) is 0. The lowest BCUT2D eigenvalue weighted by Gasteiger charge is -2.37. The molecular formula is C13H24O5. The van der Waals surface area contributed by atoms with Gasteiger partial charge in [-0.15, -0.1) is 0 Å². The molecule has 1 saturated heterocycles. The molecule has 18 heavy (non-hydrogen) atoms. The zero-order valence-corrected chi connectivity index (χ0v) is 11.6. The molecule has 106 valence electrons. The zero-order valence-electron chi connectivity index (χ0n) is 11.6. The molecule has 0 radical (unpaired) electrons. The van der Waals surface area contributed by atoms with Crippen LogP contribution in [0.2, 0.25) is 0 Å².